The fourth-order valence-corrected chi connectivity index (χ4v) is 1.28. The summed E-state index contributed by atoms with van der Waals surface area (Å²) in [5.41, 5.74) is 1.39. The predicted molar refractivity (Wildman–Crippen MR) is 50.3 cm³/mol. The average molecular weight is 173 g/mol. The van der Waals surface area contributed by atoms with E-state index < -0.39 is 0 Å². The summed E-state index contributed by atoms with van der Waals surface area (Å²) in [4.78, 5) is 0. The molecule has 0 spiro atoms. The number of allylic oxidation sites excluding steroid dienone is 1. The van der Waals surface area contributed by atoms with Gasteiger partial charge in [0.2, 0.25) is 0 Å². The molecular formula is C6H11BOPS+. The molecule has 0 atom stereocenters. The molecule has 0 saturated carbocycles. The first-order chi connectivity index (χ1) is 4.72. The quantitative estimate of drug-likeness (QED) is 0.402. The average Bonchev–Trinajstić information content (AvgIpc) is 1.89. The summed E-state index contributed by atoms with van der Waals surface area (Å²) in [6.45, 7) is 6.35. The normalized spacial score (nSPS) is 11.8. The van der Waals surface area contributed by atoms with Crippen molar-refractivity contribution in [2.45, 2.75) is 26.7 Å². The van der Waals surface area contributed by atoms with Gasteiger partial charge in [-0.1, -0.05) is 0 Å². The Morgan fingerprint density at radius 1 is 1.70 bits per heavy atom. The molecule has 0 radical (unpaired) electrons. The van der Waals surface area contributed by atoms with Gasteiger partial charge >= 0.3 is 68.3 Å². The molecule has 54 valence electrons. The van der Waals surface area contributed by atoms with Crippen molar-refractivity contribution in [3.63, 3.8) is 0 Å². The van der Waals surface area contributed by atoms with Crippen LogP contribution in [0.1, 0.15) is 26.7 Å². The Morgan fingerprint density at radius 3 is 2.70 bits per heavy atom. The monoisotopic (exact) mass is 173 g/mol. The summed E-state index contributed by atoms with van der Waals surface area (Å²) in [6.07, 6.45) is 2.02. The van der Waals surface area contributed by atoms with E-state index in [4.69, 9.17) is 0 Å². The molecule has 0 aliphatic rings. The van der Waals surface area contributed by atoms with Crippen LogP contribution in [0.5, 0.6) is 0 Å². The molecule has 0 fully saturated rings. The summed E-state index contributed by atoms with van der Waals surface area (Å²) in [5.74, 6) is 0. The van der Waals surface area contributed by atoms with E-state index in [1.807, 2.05) is 6.92 Å². The Labute approximate surface area is 68.8 Å². The van der Waals surface area contributed by atoms with Crippen molar-refractivity contribution in [2.24, 2.45) is 0 Å². The van der Waals surface area contributed by atoms with Crippen molar-refractivity contribution in [1.82, 2.24) is 0 Å². The van der Waals surface area contributed by atoms with Crippen molar-refractivity contribution in [1.29, 1.82) is 0 Å². The first-order valence-electron chi connectivity index (χ1n) is 3.26. The van der Waals surface area contributed by atoms with E-state index in [0.29, 0.717) is 12.5 Å². The van der Waals surface area contributed by atoms with E-state index in [1.165, 1.54) is 0 Å². The number of hydrogen-bond donors (Lipinski definition) is 1. The fraction of sp³-hybridized carbons (Fsp3) is 0.667. The van der Waals surface area contributed by atoms with Crippen molar-refractivity contribution >= 4 is 25.3 Å². The molecule has 0 aromatic carbocycles. The summed E-state index contributed by atoms with van der Waals surface area (Å²) in [7, 11) is 0. The molecule has 0 aromatic rings. The molecule has 10 heavy (non-hydrogen) atoms. The minimum absolute atomic E-state index is 0.360. The zero-order valence-corrected chi connectivity index (χ0v) is 8.01. The van der Waals surface area contributed by atoms with Crippen LogP contribution in [0, 0.1) is 0 Å². The zero-order valence-electron chi connectivity index (χ0n) is 6.29. The van der Waals surface area contributed by atoms with Crippen molar-refractivity contribution < 1.29 is 5.11 Å². The molecule has 1 N–H and O–H groups in total. The molecule has 0 aliphatic heterocycles. The Balaban J connectivity index is 4.18. The Morgan fingerprint density at radius 2 is 2.30 bits per heavy atom. The van der Waals surface area contributed by atoms with E-state index in [1.54, 1.807) is 6.62 Å². The third kappa shape index (κ3) is 4.13. The second-order valence-electron chi connectivity index (χ2n) is 2.15. The van der Waals surface area contributed by atoms with Crippen LogP contribution in [0.3, 0.4) is 0 Å². The zero-order chi connectivity index (χ0) is 7.98. The fourth-order valence-electron chi connectivity index (χ4n) is 0.663. The predicted octanol–water partition coefficient (Wildman–Crippen LogP) is 2.60. The van der Waals surface area contributed by atoms with Crippen LogP contribution in [0.25, 0.3) is 0 Å². The van der Waals surface area contributed by atoms with Crippen LogP contribution >= 0.6 is 6.85 Å². The van der Waals surface area contributed by atoms with Gasteiger partial charge in [-0.15, -0.1) is 0 Å². The van der Waals surface area contributed by atoms with E-state index in [9.17, 15) is 5.11 Å². The van der Waals surface area contributed by atoms with Gasteiger partial charge in [-0.25, -0.2) is 0 Å². The third-order valence-electron chi connectivity index (χ3n) is 1.24. The molecule has 0 saturated heterocycles. The molecule has 0 rings (SSSR count). The number of aliphatic hydroxyl groups excluding tert-OH is 1. The van der Waals surface area contributed by atoms with Crippen LogP contribution in [0.15, 0.2) is 11.2 Å². The number of aliphatic hydroxyl groups is 1. The Bertz CT molecular complexity index is 184. The van der Waals surface area contributed by atoms with Gasteiger partial charge in [0.05, 0.1) is 0 Å². The van der Waals surface area contributed by atoms with Crippen molar-refractivity contribution in [3.8, 4) is 0 Å². The van der Waals surface area contributed by atoms with Gasteiger partial charge in [-0.2, -0.15) is 0 Å². The van der Waals surface area contributed by atoms with Gasteiger partial charge in [-0.05, 0) is 0 Å². The molecule has 0 heterocycles. The SMILES string of the molecule is CCC/C(C)=C(\O)B=[P+]=S. The summed E-state index contributed by atoms with van der Waals surface area (Å²) in [6, 6.07) is 0. The van der Waals surface area contributed by atoms with Crippen LogP contribution in [0.4, 0.5) is 0 Å². The Hall–Kier alpha value is 0.255. The maximum absolute atomic E-state index is 9.20. The molecule has 0 aromatic heterocycles. The molecule has 0 bridgehead atoms. The standard InChI is InChI=1S/C6H10BOPS/c1-3-4-5(2)6(8)7-9-10/h3-4H2,1-2H3/p+1/b6-5-. The van der Waals surface area contributed by atoms with Gasteiger partial charge in [0.15, 0.2) is 0 Å². The minimum atomic E-state index is 0.360. The van der Waals surface area contributed by atoms with E-state index >= 15 is 0 Å². The topological polar surface area (TPSA) is 20.2 Å². The number of hydrogen-bond acceptors (Lipinski definition) is 2. The van der Waals surface area contributed by atoms with E-state index in [0.717, 1.165) is 18.4 Å². The van der Waals surface area contributed by atoms with Gasteiger partial charge in [0, 0.05) is 0 Å². The van der Waals surface area contributed by atoms with Crippen LogP contribution in [0.2, 0.25) is 0 Å². The molecule has 4 heteroatoms. The first-order valence-corrected chi connectivity index (χ1v) is 5.24. The molecule has 0 unspecified atom stereocenters. The number of rotatable bonds is 3. The van der Waals surface area contributed by atoms with Crippen LogP contribution < -0.4 is 0 Å². The Kier molecular flexibility index (Phi) is 6.15. The van der Waals surface area contributed by atoms with Gasteiger partial charge in [0.25, 0.3) is 0 Å². The van der Waals surface area contributed by atoms with Crippen LogP contribution in [-0.2, 0) is 11.8 Å². The van der Waals surface area contributed by atoms with Gasteiger partial charge in [0.1, 0.15) is 0 Å². The van der Waals surface area contributed by atoms with Crippen molar-refractivity contribution in [3.05, 3.63) is 11.2 Å². The second kappa shape index (κ2) is 6.00. The van der Waals surface area contributed by atoms with Gasteiger partial charge in [-0.3, -0.25) is 0 Å². The van der Waals surface area contributed by atoms with Crippen molar-refractivity contribution in [2.75, 3.05) is 0 Å². The summed E-state index contributed by atoms with van der Waals surface area (Å²) in [5, 5.41) is 9.20. The van der Waals surface area contributed by atoms with Crippen LogP contribution in [-0.4, -0.2) is 11.7 Å². The molecule has 0 amide bonds. The third-order valence-corrected chi connectivity index (χ3v) is 1.90. The molecule has 1 nitrogen and oxygen atoms in total. The second-order valence-corrected chi connectivity index (χ2v) is 3.25. The van der Waals surface area contributed by atoms with Gasteiger partial charge < -0.3 is 0 Å². The maximum atomic E-state index is 9.20. The van der Waals surface area contributed by atoms with E-state index in [2.05, 4.69) is 18.7 Å². The first kappa shape index (κ1) is 10.3. The molecular weight excluding hydrogens is 162 g/mol. The summed E-state index contributed by atoms with van der Waals surface area (Å²) >= 11 is 4.65. The van der Waals surface area contributed by atoms with E-state index in [-0.39, 0.29) is 0 Å². The summed E-state index contributed by atoms with van der Waals surface area (Å²) < 4.78 is 0. The molecule has 0 aliphatic carbocycles.